The Morgan fingerprint density at radius 2 is 1.86 bits per heavy atom. The third kappa shape index (κ3) is 4.43. The Morgan fingerprint density at radius 3 is 2.43 bits per heavy atom. The lowest BCUT2D eigenvalue weighted by Gasteiger charge is -2.28. The van der Waals surface area contributed by atoms with Crippen molar-refractivity contribution in [3.8, 4) is 0 Å². The fourth-order valence-corrected chi connectivity index (χ4v) is 3.89. The van der Waals surface area contributed by atoms with Crippen molar-refractivity contribution in [2.24, 2.45) is 5.92 Å². The minimum Gasteiger partial charge on any atom is -0.385 e. The zero-order chi connectivity index (χ0) is 15.3. The topological polar surface area (TPSA) is 67.4 Å². The maximum atomic E-state index is 12.4. The zero-order valence-corrected chi connectivity index (χ0v) is 13.4. The van der Waals surface area contributed by atoms with Crippen molar-refractivity contribution in [1.82, 2.24) is 4.72 Å². The van der Waals surface area contributed by atoms with E-state index in [1.807, 2.05) is 13.8 Å². The van der Waals surface area contributed by atoms with E-state index in [1.165, 1.54) is 0 Å². The molecule has 5 nitrogen and oxygen atoms in total. The average Bonchev–Trinajstić information content (AvgIpc) is 2.48. The summed E-state index contributed by atoms with van der Waals surface area (Å²) in [5.74, 6) is 0.342. The fraction of sp³-hybridized carbons (Fsp3) is 0.600. The van der Waals surface area contributed by atoms with Crippen molar-refractivity contribution < 1.29 is 13.2 Å². The molecule has 1 heterocycles. The van der Waals surface area contributed by atoms with Gasteiger partial charge < -0.3 is 10.1 Å². The first-order valence-corrected chi connectivity index (χ1v) is 8.95. The lowest BCUT2D eigenvalue weighted by atomic mass is 9.94. The van der Waals surface area contributed by atoms with E-state index in [0.29, 0.717) is 24.0 Å². The van der Waals surface area contributed by atoms with Gasteiger partial charge in [-0.3, -0.25) is 0 Å². The van der Waals surface area contributed by atoms with Gasteiger partial charge in [0.05, 0.1) is 4.90 Å². The van der Waals surface area contributed by atoms with Crippen LogP contribution in [0.15, 0.2) is 29.2 Å². The summed E-state index contributed by atoms with van der Waals surface area (Å²) in [5, 5.41) is 3.15. The normalized spacial score (nSPS) is 18.4. The van der Waals surface area contributed by atoms with E-state index in [1.54, 1.807) is 24.3 Å². The molecule has 0 spiro atoms. The minimum atomic E-state index is -3.46. The van der Waals surface area contributed by atoms with Crippen molar-refractivity contribution >= 4 is 15.7 Å². The van der Waals surface area contributed by atoms with E-state index in [9.17, 15) is 8.42 Å². The van der Waals surface area contributed by atoms with Crippen LogP contribution in [0.25, 0.3) is 0 Å². The number of rotatable bonds is 6. The quantitative estimate of drug-likeness (QED) is 0.845. The molecule has 1 aliphatic heterocycles. The molecule has 1 atom stereocenters. The van der Waals surface area contributed by atoms with E-state index in [0.717, 1.165) is 25.1 Å². The summed E-state index contributed by atoms with van der Waals surface area (Å²) >= 11 is 0. The van der Waals surface area contributed by atoms with E-state index in [-0.39, 0.29) is 6.04 Å². The Hall–Kier alpha value is -1.11. The Kier molecular flexibility index (Phi) is 5.61. The number of nitrogens with one attached hydrogen (secondary N) is 2. The number of anilines is 1. The molecule has 2 rings (SSSR count). The third-order valence-corrected chi connectivity index (χ3v) is 5.43. The summed E-state index contributed by atoms with van der Waals surface area (Å²) < 4.78 is 32.9. The molecule has 2 N–H and O–H groups in total. The second-order valence-corrected chi connectivity index (χ2v) is 7.13. The summed E-state index contributed by atoms with van der Waals surface area (Å²) in [7, 11) is -3.46. The van der Waals surface area contributed by atoms with E-state index in [4.69, 9.17) is 4.74 Å². The fourth-order valence-electron chi connectivity index (χ4n) is 2.58. The summed E-state index contributed by atoms with van der Waals surface area (Å²) in [6.07, 6.45) is 1.81. The molecule has 1 unspecified atom stereocenters. The van der Waals surface area contributed by atoms with Gasteiger partial charge in [0.1, 0.15) is 0 Å². The van der Waals surface area contributed by atoms with Gasteiger partial charge in [-0.15, -0.1) is 0 Å². The van der Waals surface area contributed by atoms with Gasteiger partial charge >= 0.3 is 0 Å². The first-order valence-electron chi connectivity index (χ1n) is 7.47. The van der Waals surface area contributed by atoms with Crippen LogP contribution in [0.3, 0.4) is 0 Å². The van der Waals surface area contributed by atoms with Gasteiger partial charge in [0.25, 0.3) is 0 Å². The molecular formula is C15H24N2O3S. The molecule has 0 amide bonds. The SMILES string of the molecule is CCNc1ccc(S(=O)(=O)NC(C)C2CCOCC2)cc1. The molecule has 0 radical (unpaired) electrons. The number of ether oxygens (including phenoxy) is 1. The highest BCUT2D eigenvalue weighted by Crippen LogP contribution is 2.21. The maximum Gasteiger partial charge on any atom is 0.240 e. The van der Waals surface area contributed by atoms with Crippen LogP contribution in [0.5, 0.6) is 0 Å². The van der Waals surface area contributed by atoms with Gasteiger partial charge in [0.15, 0.2) is 0 Å². The second kappa shape index (κ2) is 7.24. The second-order valence-electron chi connectivity index (χ2n) is 5.41. The number of sulfonamides is 1. The Balaban J connectivity index is 2.03. The van der Waals surface area contributed by atoms with Gasteiger partial charge in [-0.05, 0) is 56.9 Å². The summed E-state index contributed by atoms with van der Waals surface area (Å²) in [6, 6.07) is 6.77. The van der Waals surface area contributed by atoms with Crippen molar-refractivity contribution in [2.45, 2.75) is 37.6 Å². The molecule has 118 valence electrons. The van der Waals surface area contributed by atoms with Crippen molar-refractivity contribution in [1.29, 1.82) is 0 Å². The van der Waals surface area contributed by atoms with E-state index < -0.39 is 10.0 Å². The lowest BCUT2D eigenvalue weighted by molar-refractivity contribution is 0.0585. The summed E-state index contributed by atoms with van der Waals surface area (Å²) in [4.78, 5) is 0.308. The molecule has 0 aromatic heterocycles. The number of benzene rings is 1. The average molecular weight is 312 g/mol. The Bertz CT molecular complexity index is 537. The molecular weight excluding hydrogens is 288 g/mol. The monoisotopic (exact) mass is 312 g/mol. The van der Waals surface area contributed by atoms with Gasteiger partial charge in [0, 0.05) is 31.5 Å². The molecule has 0 bridgehead atoms. The van der Waals surface area contributed by atoms with Crippen molar-refractivity contribution in [3.05, 3.63) is 24.3 Å². The van der Waals surface area contributed by atoms with Crippen LogP contribution < -0.4 is 10.0 Å². The van der Waals surface area contributed by atoms with Crippen LogP contribution in [0.1, 0.15) is 26.7 Å². The molecule has 0 aliphatic carbocycles. The van der Waals surface area contributed by atoms with Crippen LogP contribution in [0.4, 0.5) is 5.69 Å². The van der Waals surface area contributed by atoms with Gasteiger partial charge in [-0.2, -0.15) is 0 Å². The summed E-state index contributed by atoms with van der Waals surface area (Å²) in [5.41, 5.74) is 0.925. The molecule has 0 saturated carbocycles. The molecule has 1 fully saturated rings. The highest BCUT2D eigenvalue weighted by Gasteiger charge is 2.25. The summed E-state index contributed by atoms with van der Waals surface area (Å²) in [6.45, 7) is 6.18. The number of hydrogen-bond acceptors (Lipinski definition) is 4. The van der Waals surface area contributed by atoms with E-state index >= 15 is 0 Å². The van der Waals surface area contributed by atoms with Crippen molar-refractivity contribution in [2.75, 3.05) is 25.1 Å². The van der Waals surface area contributed by atoms with Crippen molar-refractivity contribution in [3.63, 3.8) is 0 Å². The maximum absolute atomic E-state index is 12.4. The van der Waals surface area contributed by atoms with Gasteiger partial charge in [-0.1, -0.05) is 0 Å². The minimum absolute atomic E-state index is 0.0765. The predicted molar refractivity (Wildman–Crippen MR) is 83.9 cm³/mol. The van der Waals surface area contributed by atoms with Crippen LogP contribution >= 0.6 is 0 Å². The van der Waals surface area contributed by atoms with Gasteiger partial charge in [0.2, 0.25) is 10.0 Å². The van der Waals surface area contributed by atoms with Gasteiger partial charge in [-0.25, -0.2) is 13.1 Å². The molecule has 21 heavy (non-hydrogen) atoms. The number of hydrogen-bond donors (Lipinski definition) is 2. The third-order valence-electron chi connectivity index (χ3n) is 3.86. The molecule has 1 saturated heterocycles. The molecule has 1 aromatic carbocycles. The first kappa shape index (κ1) is 16.3. The molecule has 1 aromatic rings. The Morgan fingerprint density at radius 1 is 1.24 bits per heavy atom. The largest absolute Gasteiger partial charge is 0.385 e. The van der Waals surface area contributed by atoms with Crippen LogP contribution in [0.2, 0.25) is 0 Å². The zero-order valence-electron chi connectivity index (χ0n) is 12.6. The van der Waals surface area contributed by atoms with Crippen LogP contribution in [0, 0.1) is 5.92 Å². The lowest BCUT2D eigenvalue weighted by Crippen LogP contribution is -2.40. The van der Waals surface area contributed by atoms with Crippen LogP contribution in [-0.4, -0.2) is 34.2 Å². The Labute approximate surface area is 127 Å². The standard InChI is InChI=1S/C15H24N2O3S/c1-3-16-14-4-6-15(7-5-14)21(18,19)17-12(2)13-8-10-20-11-9-13/h4-7,12-13,16-17H,3,8-11H2,1-2H3. The van der Waals surface area contributed by atoms with E-state index in [2.05, 4.69) is 10.0 Å². The smallest absolute Gasteiger partial charge is 0.240 e. The predicted octanol–water partition coefficient (Wildman–Crippen LogP) is 2.21. The molecule has 1 aliphatic rings. The highest BCUT2D eigenvalue weighted by atomic mass is 32.2. The highest BCUT2D eigenvalue weighted by molar-refractivity contribution is 7.89. The first-order chi connectivity index (χ1) is 10.0. The molecule has 6 heteroatoms. The van der Waals surface area contributed by atoms with Crippen LogP contribution in [-0.2, 0) is 14.8 Å².